The van der Waals surface area contributed by atoms with E-state index in [4.69, 9.17) is 4.74 Å². The van der Waals surface area contributed by atoms with Crippen LogP contribution in [0.4, 0.5) is 5.69 Å². The molecule has 2 aliphatic rings. The lowest BCUT2D eigenvalue weighted by Crippen LogP contribution is -2.58. The molecule has 0 radical (unpaired) electrons. The standard InChI is InChI=1S/C21H21N5O9S/c1-21(10-24-22-15(18(28)33-2)16(23-24)19(29)34-3)17(25-13(27)8-14(25)36-21)20(30)35-9-11-4-6-12(7-5-11)26(31)32/h4-7,14,17H,8-10H2,1-3H3/t14-,17+,21+/m1/s1. The molecule has 3 atom stereocenters. The van der Waals surface area contributed by atoms with Crippen LogP contribution in [-0.4, -0.2) is 79.0 Å². The molecule has 4 rings (SSSR count). The molecule has 1 aromatic carbocycles. The predicted octanol–water partition coefficient (Wildman–Crippen LogP) is 0.935. The molecule has 1 aromatic heterocycles. The Morgan fingerprint density at radius 1 is 1.14 bits per heavy atom. The number of ether oxygens (including phenoxy) is 3. The summed E-state index contributed by atoms with van der Waals surface area (Å²) in [5.41, 5.74) is -0.240. The lowest BCUT2D eigenvalue weighted by molar-refractivity contribution is -0.384. The maximum atomic E-state index is 13.2. The Kier molecular flexibility index (Phi) is 6.67. The zero-order valence-electron chi connectivity index (χ0n) is 19.4. The van der Waals surface area contributed by atoms with Gasteiger partial charge in [0.05, 0.1) is 42.2 Å². The Morgan fingerprint density at radius 2 is 1.72 bits per heavy atom. The lowest BCUT2D eigenvalue weighted by atomic mass is 9.96. The Labute approximate surface area is 208 Å². The molecule has 1 amide bonds. The minimum atomic E-state index is -0.999. The number of hydrogen-bond acceptors (Lipinski definition) is 12. The summed E-state index contributed by atoms with van der Waals surface area (Å²) in [6.07, 6.45) is 0.250. The zero-order chi connectivity index (χ0) is 26.2. The number of hydrogen-bond donors (Lipinski definition) is 0. The van der Waals surface area contributed by atoms with Crippen molar-refractivity contribution in [3.63, 3.8) is 0 Å². The van der Waals surface area contributed by atoms with E-state index in [1.165, 1.54) is 40.9 Å². The highest BCUT2D eigenvalue weighted by molar-refractivity contribution is 8.01. The number of nitrogens with zero attached hydrogens (tertiary/aromatic N) is 5. The number of amides is 1. The molecular weight excluding hydrogens is 498 g/mol. The highest BCUT2D eigenvalue weighted by atomic mass is 32.2. The minimum Gasteiger partial charge on any atom is -0.464 e. The van der Waals surface area contributed by atoms with Crippen molar-refractivity contribution in [2.24, 2.45) is 0 Å². The summed E-state index contributed by atoms with van der Waals surface area (Å²) < 4.78 is 13.8. The molecule has 2 saturated heterocycles. The summed E-state index contributed by atoms with van der Waals surface area (Å²) in [7, 11) is 2.26. The minimum absolute atomic E-state index is 0.0454. The average molecular weight is 519 g/mol. The molecule has 0 aliphatic carbocycles. The summed E-state index contributed by atoms with van der Waals surface area (Å²) in [5.74, 6) is -2.66. The van der Waals surface area contributed by atoms with Crippen molar-refractivity contribution >= 4 is 41.3 Å². The van der Waals surface area contributed by atoms with Crippen molar-refractivity contribution in [2.75, 3.05) is 14.2 Å². The number of carbonyl (C=O) groups excluding carboxylic acids is 4. The van der Waals surface area contributed by atoms with Crippen LogP contribution >= 0.6 is 11.8 Å². The number of non-ortho nitro benzene ring substituents is 1. The van der Waals surface area contributed by atoms with E-state index in [1.54, 1.807) is 6.92 Å². The first-order chi connectivity index (χ1) is 17.1. The molecule has 2 aromatic rings. The topological polar surface area (TPSA) is 173 Å². The number of esters is 3. The number of carbonyl (C=O) groups is 4. The number of nitro benzene ring substituents is 1. The molecule has 0 bridgehead atoms. The van der Waals surface area contributed by atoms with E-state index in [2.05, 4.69) is 19.7 Å². The fraction of sp³-hybridized carbons (Fsp3) is 0.429. The molecule has 2 aliphatic heterocycles. The van der Waals surface area contributed by atoms with Crippen LogP contribution in [-0.2, 0) is 37.0 Å². The van der Waals surface area contributed by atoms with Crippen LogP contribution in [0, 0.1) is 10.1 Å². The molecule has 14 nitrogen and oxygen atoms in total. The van der Waals surface area contributed by atoms with Gasteiger partial charge in [-0.3, -0.25) is 14.9 Å². The van der Waals surface area contributed by atoms with Crippen molar-refractivity contribution in [3.8, 4) is 0 Å². The van der Waals surface area contributed by atoms with Gasteiger partial charge >= 0.3 is 17.9 Å². The first kappa shape index (κ1) is 25.1. The zero-order valence-corrected chi connectivity index (χ0v) is 20.2. The van der Waals surface area contributed by atoms with Gasteiger partial charge in [-0.05, 0) is 24.6 Å². The van der Waals surface area contributed by atoms with E-state index in [0.717, 1.165) is 19.0 Å². The molecular formula is C21H21N5O9S. The summed E-state index contributed by atoms with van der Waals surface area (Å²) in [6, 6.07) is 4.55. The maximum absolute atomic E-state index is 13.2. The van der Waals surface area contributed by atoms with Gasteiger partial charge in [-0.25, -0.2) is 14.4 Å². The second kappa shape index (κ2) is 9.56. The number of methoxy groups -OCH3 is 2. The van der Waals surface area contributed by atoms with E-state index in [0.29, 0.717) is 5.56 Å². The van der Waals surface area contributed by atoms with Gasteiger partial charge in [0, 0.05) is 12.1 Å². The molecule has 0 N–H and O–H groups in total. The van der Waals surface area contributed by atoms with Gasteiger partial charge in [-0.1, -0.05) is 0 Å². The smallest absolute Gasteiger partial charge is 0.361 e. The lowest BCUT2D eigenvalue weighted by Gasteiger charge is -2.37. The van der Waals surface area contributed by atoms with Crippen molar-refractivity contribution in [3.05, 3.63) is 51.3 Å². The van der Waals surface area contributed by atoms with E-state index in [-0.39, 0.29) is 47.9 Å². The first-order valence-corrected chi connectivity index (χ1v) is 11.5. The first-order valence-electron chi connectivity index (χ1n) is 10.6. The summed E-state index contributed by atoms with van der Waals surface area (Å²) in [5, 5.41) is 18.7. The molecule has 2 fully saturated rings. The van der Waals surface area contributed by atoms with E-state index >= 15 is 0 Å². The highest BCUT2D eigenvalue weighted by Crippen LogP contribution is 2.52. The summed E-state index contributed by atoms with van der Waals surface area (Å²) >= 11 is 1.36. The summed E-state index contributed by atoms with van der Waals surface area (Å²) in [4.78, 5) is 62.5. The molecule has 3 heterocycles. The quantitative estimate of drug-likeness (QED) is 0.159. The van der Waals surface area contributed by atoms with Gasteiger partial charge in [-0.2, -0.15) is 4.80 Å². The van der Waals surface area contributed by atoms with Gasteiger partial charge < -0.3 is 19.1 Å². The summed E-state index contributed by atoms with van der Waals surface area (Å²) in [6.45, 7) is 1.54. The van der Waals surface area contributed by atoms with Crippen LogP contribution in [0.15, 0.2) is 24.3 Å². The van der Waals surface area contributed by atoms with Crippen molar-refractivity contribution in [1.82, 2.24) is 19.9 Å². The van der Waals surface area contributed by atoms with Gasteiger partial charge in [0.15, 0.2) is 0 Å². The van der Waals surface area contributed by atoms with Gasteiger partial charge in [0.1, 0.15) is 12.6 Å². The second-order valence-corrected chi connectivity index (χ2v) is 9.95. The predicted molar refractivity (Wildman–Crippen MR) is 121 cm³/mol. The fourth-order valence-electron chi connectivity index (χ4n) is 4.08. The Balaban J connectivity index is 1.56. The van der Waals surface area contributed by atoms with Crippen LogP contribution < -0.4 is 0 Å². The molecule has 36 heavy (non-hydrogen) atoms. The van der Waals surface area contributed by atoms with Crippen LogP contribution in [0.5, 0.6) is 0 Å². The number of thioether (sulfide) groups is 1. The normalized spacial score (nSPS) is 22.4. The van der Waals surface area contributed by atoms with E-state index in [1.807, 2.05) is 0 Å². The van der Waals surface area contributed by atoms with Gasteiger partial charge in [0.2, 0.25) is 17.3 Å². The maximum Gasteiger partial charge on any atom is 0.361 e. The Hall–Kier alpha value is -4.01. The third-order valence-electron chi connectivity index (χ3n) is 5.83. The van der Waals surface area contributed by atoms with Gasteiger partial charge in [0.25, 0.3) is 5.69 Å². The number of β-lactam (4-membered cyclic amide) rings is 1. The van der Waals surface area contributed by atoms with E-state index < -0.39 is 33.6 Å². The third kappa shape index (κ3) is 4.48. The molecule has 15 heteroatoms. The molecule has 190 valence electrons. The van der Waals surface area contributed by atoms with E-state index in [9.17, 15) is 29.3 Å². The average Bonchev–Trinajstić information content (AvgIpc) is 3.37. The number of nitro groups is 1. The second-order valence-electron chi connectivity index (χ2n) is 8.23. The van der Waals surface area contributed by atoms with Crippen LogP contribution in [0.1, 0.15) is 39.9 Å². The highest BCUT2D eigenvalue weighted by Gasteiger charge is 2.61. The van der Waals surface area contributed by atoms with Crippen LogP contribution in [0.25, 0.3) is 0 Å². The number of benzene rings is 1. The van der Waals surface area contributed by atoms with Gasteiger partial charge in [-0.15, -0.1) is 22.0 Å². The number of aromatic nitrogens is 3. The monoisotopic (exact) mass is 519 g/mol. The molecule has 0 unspecified atom stereocenters. The Morgan fingerprint density at radius 3 is 2.22 bits per heavy atom. The number of fused-ring (bicyclic) bond motifs is 1. The van der Waals surface area contributed by atoms with Crippen molar-refractivity contribution < 1.29 is 38.3 Å². The third-order valence-corrected chi connectivity index (χ3v) is 7.39. The molecule has 0 spiro atoms. The number of rotatable bonds is 8. The Bertz CT molecular complexity index is 1210. The van der Waals surface area contributed by atoms with Crippen LogP contribution in [0.2, 0.25) is 0 Å². The molecule has 0 saturated carbocycles. The fourth-order valence-corrected chi connectivity index (χ4v) is 5.81. The SMILES string of the molecule is COC(=O)c1nn(C[C@]2(C)S[C@@H]3CC(=O)N3[C@H]2C(=O)OCc2ccc([N+](=O)[O-])cc2)nc1C(=O)OC. The van der Waals surface area contributed by atoms with Crippen molar-refractivity contribution in [1.29, 1.82) is 0 Å². The van der Waals surface area contributed by atoms with Crippen molar-refractivity contribution in [2.45, 2.75) is 42.7 Å². The van der Waals surface area contributed by atoms with Crippen LogP contribution in [0.3, 0.4) is 0 Å². The largest absolute Gasteiger partial charge is 0.464 e.